The lowest BCUT2D eigenvalue weighted by atomic mass is 10.2. The van der Waals surface area contributed by atoms with Crippen LogP contribution >= 0.6 is 11.6 Å². The van der Waals surface area contributed by atoms with Gasteiger partial charge in [-0.2, -0.15) is 14.5 Å². The molecule has 0 saturated carbocycles. The zero-order valence-corrected chi connectivity index (χ0v) is 19.8. The molecule has 3 heterocycles. The summed E-state index contributed by atoms with van der Waals surface area (Å²) in [6.07, 6.45) is 1.48. The number of anilines is 1. The number of benzene rings is 1. The number of para-hydroxylation sites is 1. The third kappa shape index (κ3) is 4.05. The van der Waals surface area contributed by atoms with Crippen LogP contribution in [0.1, 0.15) is 28.7 Å². The standard InChI is InChI=1S/C21H25ClN6O3S/c1-4-26-14-17(21(29)28-16(3)13-15(2)23-28)20(24-26)32(30,31)27-11-9-25(10-12-27)19-8-6-5-7-18(19)22/h5-8,13-14H,4,9-12H2,1-3H3. The van der Waals surface area contributed by atoms with Gasteiger partial charge in [-0.15, -0.1) is 0 Å². The van der Waals surface area contributed by atoms with E-state index in [9.17, 15) is 13.2 Å². The highest BCUT2D eigenvalue weighted by Gasteiger charge is 2.35. The van der Waals surface area contributed by atoms with Crippen molar-refractivity contribution < 1.29 is 13.2 Å². The van der Waals surface area contributed by atoms with Crippen LogP contribution in [0.2, 0.25) is 5.02 Å². The monoisotopic (exact) mass is 476 g/mol. The first-order valence-electron chi connectivity index (χ1n) is 10.4. The molecule has 1 aliphatic heterocycles. The van der Waals surface area contributed by atoms with Crippen molar-refractivity contribution in [2.24, 2.45) is 0 Å². The average molecular weight is 477 g/mol. The van der Waals surface area contributed by atoms with E-state index in [0.29, 0.717) is 36.0 Å². The first kappa shape index (κ1) is 22.5. The summed E-state index contributed by atoms with van der Waals surface area (Å²) in [7, 11) is -3.98. The normalized spacial score (nSPS) is 15.3. The summed E-state index contributed by atoms with van der Waals surface area (Å²) in [5.41, 5.74) is 2.21. The first-order chi connectivity index (χ1) is 15.2. The third-order valence-electron chi connectivity index (χ3n) is 5.50. The van der Waals surface area contributed by atoms with Crippen molar-refractivity contribution >= 4 is 33.2 Å². The molecule has 0 amide bonds. The van der Waals surface area contributed by atoms with E-state index in [1.54, 1.807) is 19.9 Å². The molecule has 0 spiro atoms. The van der Waals surface area contributed by atoms with Crippen molar-refractivity contribution in [3.05, 3.63) is 58.5 Å². The second kappa shape index (κ2) is 8.68. The summed E-state index contributed by atoms with van der Waals surface area (Å²) in [6, 6.07) is 9.26. The molecule has 1 saturated heterocycles. The van der Waals surface area contributed by atoms with Gasteiger partial charge in [0.2, 0.25) is 5.03 Å². The molecule has 4 rings (SSSR count). The van der Waals surface area contributed by atoms with Crippen molar-refractivity contribution in [3.8, 4) is 0 Å². The Hall–Kier alpha value is -2.69. The van der Waals surface area contributed by atoms with Crippen LogP contribution in [-0.2, 0) is 16.6 Å². The molecule has 1 aliphatic rings. The lowest BCUT2D eigenvalue weighted by molar-refractivity contribution is 0.0938. The Morgan fingerprint density at radius 2 is 1.78 bits per heavy atom. The number of carbonyl (C=O) groups excluding carboxylic acids is 1. The van der Waals surface area contributed by atoms with E-state index in [4.69, 9.17) is 11.6 Å². The number of hydrogen-bond donors (Lipinski definition) is 0. The molecule has 0 atom stereocenters. The second-order valence-corrected chi connectivity index (χ2v) is 9.95. The molecular formula is C21H25ClN6O3S. The Morgan fingerprint density at radius 1 is 1.09 bits per heavy atom. The van der Waals surface area contributed by atoms with Gasteiger partial charge in [-0.25, -0.2) is 13.1 Å². The SMILES string of the molecule is CCn1cc(C(=O)n2nc(C)cc2C)c(S(=O)(=O)N2CCN(c3ccccc3Cl)CC2)n1. The van der Waals surface area contributed by atoms with Crippen LogP contribution in [-0.4, -0.2) is 64.4 Å². The number of piperazine rings is 1. The Bertz CT molecular complexity index is 1260. The smallest absolute Gasteiger partial charge is 0.283 e. The molecule has 9 nitrogen and oxygen atoms in total. The number of nitrogens with zero attached hydrogens (tertiary/aromatic N) is 6. The summed E-state index contributed by atoms with van der Waals surface area (Å²) < 4.78 is 31.1. The topological polar surface area (TPSA) is 93.3 Å². The predicted octanol–water partition coefficient (Wildman–Crippen LogP) is 2.57. The largest absolute Gasteiger partial charge is 0.368 e. The summed E-state index contributed by atoms with van der Waals surface area (Å²) in [6.45, 7) is 7.31. The predicted molar refractivity (Wildman–Crippen MR) is 122 cm³/mol. The fourth-order valence-corrected chi connectivity index (χ4v) is 5.62. The number of hydrogen-bond acceptors (Lipinski definition) is 6. The molecule has 1 aromatic carbocycles. The maximum atomic E-state index is 13.5. The second-order valence-electron chi connectivity index (χ2n) is 7.69. The number of carbonyl (C=O) groups is 1. The third-order valence-corrected chi connectivity index (χ3v) is 7.66. The van der Waals surface area contributed by atoms with E-state index in [1.807, 2.05) is 31.2 Å². The van der Waals surface area contributed by atoms with E-state index in [-0.39, 0.29) is 23.7 Å². The molecule has 3 aromatic rings. The van der Waals surface area contributed by atoms with E-state index in [0.717, 1.165) is 5.69 Å². The van der Waals surface area contributed by atoms with Gasteiger partial charge in [0, 0.05) is 44.6 Å². The maximum absolute atomic E-state index is 13.5. The van der Waals surface area contributed by atoms with Gasteiger partial charge in [0.25, 0.3) is 15.9 Å². The lowest BCUT2D eigenvalue weighted by Gasteiger charge is -2.35. The molecule has 170 valence electrons. The minimum Gasteiger partial charge on any atom is -0.368 e. The first-order valence-corrected chi connectivity index (χ1v) is 12.2. The minimum atomic E-state index is -3.98. The van der Waals surface area contributed by atoms with Gasteiger partial charge in [-0.1, -0.05) is 23.7 Å². The molecule has 11 heteroatoms. The maximum Gasteiger partial charge on any atom is 0.283 e. The van der Waals surface area contributed by atoms with Gasteiger partial charge in [0.15, 0.2) is 0 Å². The summed E-state index contributed by atoms with van der Waals surface area (Å²) in [5.74, 6) is -0.511. The fourth-order valence-electron chi connectivity index (χ4n) is 3.85. The molecule has 0 bridgehead atoms. The quantitative estimate of drug-likeness (QED) is 0.562. The fraction of sp³-hybridized carbons (Fsp3) is 0.381. The van der Waals surface area contributed by atoms with Gasteiger partial charge in [-0.3, -0.25) is 9.48 Å². The van der Waals surface area contributed by atoms with Crippen LogP contribution in [0.4, 0.5) is 5.69 Å². The molecule has 2 aromatic heterocycles. The lowest BCUT2D eigenvalue weighted by Crippen LogP contribution is -2.49. The van der Waals surface area contributed by atoms with Crippen LogP contribution in [0.3, 0.4) is 0 Å². The van der Waals surface area contributed by atoms with Crippen LogP contribution in [0.25, 0.3) is 0 Å². The van der Waals surface area contributed by atoms with Crippen molar-refractivity contribution in [1.82, 2.24) is 23.9 Å². The van der Waals surface area contributed by atoms with Crippen molar-refractivity contribution in [1.29, 1.82) is 0 Å². The molecule has 0 N–H and O–H groups in total. The highest BCUT2D eigenvalue weighted by Crippen LogP contribution is 2.28. The van der Waals surface area contributed by atoms with Crippen molar-refractivity contribution in [3.63, 3.8) is 0 Å². The summed E-state index contributed by atoms with van der Waals surface area (Å²) >= 11 is 6.29. The molecular weight excluding hydrogens is 452 g/mol. The minimum absolute atomic E-state index is 0.0200. The number of halogens is 1. The highest BCUT2D eigenvalue weighted by molar-refractivity contribution is 7.89. The Balaban J connectivity index is 1.62. The Kier molecular flexibility index (Phi) is 6.11. The van der Waals surface area contributed by atoms with Crippen LogP contribution in [0.15, 0.2) is 41.6 Å². The Morgan fingerprint density at radius 3 is 2.38 bits per heavy atom. The van der Waals surface area contributed by atoms with Gasteiger partial charge in [0.1, 0.15) is 5.56 Å². The van der Waals surface area contributed by atoms with E-state index >= 15 is 0 Å². The molecule has 0 aliphatic carbocycles. The van der Waals surface area contributed by atoms with E-state index < -0.39 is 15.9 Å². The number of aromatic nitrogens is 4. The number of aryl methyl sites for hydroxylation is 3. The van der Waals surface area contributed by atoms with Crippen molar-refractivity contribution in [2.75, 3.05) is 31.1 Å². The summed E-state index contributed by atoms with van der Waals surface area (Å²) in [4.78, 5) is 15.2. The van der Waals surface area contributed by atoms with E-state index in [1.165, 1.54) is 19.9 Å². The average Bonchev–Trinajstić information content (AvgIpc) is 3.37. The van der Waals surface area contributed by atoms with Crippen molar-refractivity contribution in [2.45, 2.75) is 32.3 Å². The highest BCUT2D eigenvalue weighted by atomic mass is 35.5. The molecule has 1 fully saturated rings. The molecule has 0 unspecified atom stereocenters. The summed E-state index contributed by atoms with van der Waals surface area (Å²) in [5, 5.41) is 8.85. The zero-order chi connectivity index (χ0) is 23.0. The zero-order valence-electron chi connectivity index (χ0n) is 18.2. The van der Waals surface area contributed by atoms with Crippen LogP contribution < -0.4 is 4.90 Å². The van der Waals surface area contributed by atoms with Gasteiger partial charge < -0.3 is 4.90 Å². The van der Waals surface area contributed by atoms with Gasteiger partial charge in [-0.05, 0) is 39.0 Å². The molecule has 32 heavy (non-hydrogen) atoms. The molecule has 0 radical (unpaired) electrons. The van der Waals surface area contributed by atoms with Crippen LogP contribution in [0, 0.1) is 13.8 Å². The Labute approximate surface area is 192 Å². The van der Waals surface area contributed by atoms with Gasteiger partial charge >= 0.3 is 0 Å². The van der Waals surface area contributed by atoms with Gasteiger partial charge in [0.05, 0.1) is 16.4 Å². The van der Waals surface area contributed by atoms with E-state index in [2.05, 4.69) is 15.1 Å². The number of sulfonamides is 1. The van der Waals surface area contributed by atoms with Crippen LogP contribution in [0.5, 0.6) is 0 Å². The number of rotatable bonds is 5.